The third-order valence-electron chi connectivity index (χ3n) is 3.98. The molecule has 0 aromatic rings. The fraction of sp³-hybridized carbons (Fsp3) is 1.00. The summed E-state index contributed by atoms with van der Waals surface area (Å²) >= 11 is 0. The van der Waals surface area contributed by atoms with Gasteiger partial charge in [0, 0.05) is 32.3 Å². The topological polar surface area (TPSA) is 38.5 Å². The maximum Gasteiger partial charge on any atom is 0.0471 e. The molecule has 1 aliphatic heterocycles. The van der Waals surface area contributed by atoms with Crippen LogP contribution in [0.1, 0.15) is 33.1 Å². The fourth-order valence-corrected chi connectivity index (χ4v) is 2.29. The van der Waals surface area contributed by atoms with E-state index in [9.17, 15) is 0 Å². The average molecular weight is 214 g/mol. The second-order valence-corrected chi connectivity index (χ2v) is 4.97. The Bertz CT molecular complexity index is 178. The van der Waals surface area contributed by atoms with Crippen molar-refractivity contribution in [3.8, 4) is 0 Å². The molecular weight excluding hydrogens is 188 g/mol. The van der Waals surface area contributed by atoms with Crippen molar-refractivity contribution in [2.75, 3.05) is 33.4 Å². The van der Waals surface area contributed by atoms with E-state index < -0.39 is 0 Å². The number of likely N-dealkylation sites (N-methyl/N-ethyl adjacent to an activating group) is 1. The van der Waals surface area contributed by atoms with Gasteiger partial charge in [-0.2, -0.15) is 0 Å². The van der Waals surface area contributed by atoms with Crippen LogP contribution < -0.4 is 5.73 Å². The number of hydrogen-bond acceptors (Lipinski definition) is 3. The number of nitrogens with zero attached hydrogens (tertiary/aromatic N) is 1. The summed E-state index contributed by atoms with van der Waals surface area (Å²) in [5, 5.41) is 0. The monoisotopic (exact) mass is 214 g/mol. The molecule has 90 valence electrons. The quantitative estimate of drug-likeness (QED) is 0.753. The lowest BCUT2D eigenvalue weighted by molar-refractivity contribution is -0.00764. The molecule has 1 saturated heterocycles. The Morgan fingerprint density at radius 3 is 2.47 bits per heavy atom. The van der Waals surface area contributed by atoms with E-state index in [0.717, 1.165) is 26.3 Å². The molecule has 0 aliphatic carbocycles. The molecule has 0 radical (unpaired) electrons. The summed E-state index contributed by atoms with van der Waals surface area (Å²) in [4.78, 5) is 2.40. The van der Waals surface area contributed by atoms with Crippen LogP contribution in [0.3, 0.4) is 0 Å². The first kappa shape index (κ1) is 12.9. The van der Waals surface area contributed by atoms with Crippen molar-refractivity contribution in [2.24, 2.45) is 11.1 Å². The fourth-order valence-electron chi connectivity index (χ4n) is 2.29. The molecular formula is C12H26N2O. The molecule has 1 heterocycles. The highest BCUT2D eigenvalue weighted by molar-refractivity contribution is 4.84. The summed E-state index contributed by atoms with van der Waals surface area (Å²) in [6, 6.07) is 0.483. The van der Waals surface area contributed by atoms with Gasteiger partial charge in [-0.25, -0.2) is 0 Å². The zero-order valence-electron chi connectivity index (χ0n) is 10.5. The van der Waals surface area contributed by atoms with Crippen molar-refractivity contribution >= 4 is 0 Å². The van der Waals surface area contributed by atoms with E-state index in [1.165, 1.54) is 19.3 Å². The Morgan fingerprint density at radius 1 is 1.40 bits per heavy atom. The predicted octanol–water partition coefficient (Wildman–Crippen LogP) is 1.47. The lowest BCUT2D eigenvalue weighted by Crippen LogP contribution is -2.45. The molecule has 3 nitrogen and oxygen atoms in total. The van der Waals surface area contributed by atoms with Crippen molar-refractivity contribution in [3.05, 3.63) is 0 Å². The summed E-state index contributed by atoms with van der Waals surface area (Å²) in [5.74, 6) is 0. The molecule has 0 saturated carbocycles. The van der Waals surface area contributed by atoms with Gasteiger partial charge in [-0.1, -0.05) is 6.92 Å². The highest BCUT2D eigenvalue weighted by Crippen LogP contribution is 2.34. The molecule has 1 unspecified atom stereocenters. The van der Waals surface area contributed by atoms with E-state index in [2.05, 4.69) is 25.8 Å². The van der Waals surface area contributed by atoms with E-state index in [0.29, 0.717) is 11.5 Å². The lowest BCUT2D eigenvalue weighted by Gasteiger charge is -2.41. The predicted molar refractivity (Wildman–Crippen MR) is 63.9 cm³/mol. The van der Waals surface area contributed by atoms with E-state index in [1.807, 2.05) is 0 Å². The van der Waals surface area contributed by atoms with Crippen LogP contribution in [0, 0.1) is 5.41 Å². The van der Waals surface area contributed by atoms with E-state index in [-0.39, 0.29) is 0 Å². The van der Waals surface area contributed by atoms with E-state index >= 15 is 0 Å². The summed E-state index contributed by atoms with van der Waals surface area (Å²) in [6.45, 7) is 8.25. The van der Waals surface area contributed by atoms with Crippen molar-refractivity contribution < 1.29 is 4.74 Å². The molecule has 0 spiro atoms. The summed E-state index contributed by atoms with van der Waals surface area (Å²) < 4.78 is 5.45. The lowest BCUT2D eigenvalue weighted by atomic mass is 9.77. The first-order chi connectivity index (χ1) is 7.13. The minimum atomic E-state index is 0.469. The van der Waals surface area contributed by atoms with Gasteiger partial charge >= 0.3 is 0 Å². The third-order valence-corrected chi connectivity index (χ3v) is 3.98. The Morgan fingerprint density at radius 2 is 2.00 bits per heavy atom. The average Bonchev–Trinajstić information content (AvgIpc) is 2.29. The summed E-state index contributed by atoms with van der Waals surface area (Å²) in [7, 11) is 2.18. The molecule has 3 heteroatoms. The van der Waals surface area contributed by atoms with Crippen LogP contribution in [0.4, 0.5) is 0 Å². The van der Waals surface area contributed by atoms with E-state index in [1.54, 1.807) is 0 Å². The van der Waals surface area contributed by atoms with Crippen LogP contribution in [-0.4, -0.2) is 44.3 Å². The SMILES string of the molecule is CCC1(CN(C)C(C)CN)CCOCC1. The van der Waals surface area contributed by atoms with Gasteiger partial charge in [-0.3, -0.25) is 0 Å². The van der Waals surface area contributed by atoms with Crippen molar-refractivity contribution in [1.82, 2.24) is 4.90 Å². The van der Waals surface area contributed by atoms with Gasteiger partial charge in [0.25, 0.3) is 0 Å². The van der Waals surface area contributed by atoms with Crippen LogP contribution in [0.5, 0.6) is 0 Å². The molecule has 1 aliphatic rings. The summed E-state index contributed by atoms with van der Waals surface area (Å²) in [5.41, 5.74) is 6.16. The maximum absolute atomic E-state index is 5.70. The minimum Gasteiger partial charge on any atom is -0.381 e. The number of ether oxygens (including phenoxy) is 1. The molecule has 1 rings (SSSR count). The first-order valence-electron chi connectivity index (χ1n) is 6.11. The van der Waals surface area contributed by atoms with Crippen molar-refractivity contribution in [1.29, 1.82) is 0 Å². The molecule has 0 amide bonds. The third kappa shape index (κ3) is 3.44. The molecule has 0 aromatic heterocycles. The van der Waals surface area contributed by atoms with Crippen LogP contribution in [0.15, 0.2) is 0 Å². The number of hydrogen-bond donors (Lipinski definition) is 1. The zero-order chi connectivity index (χ0) is 11.3. The first-order valence-corrected chi connectivity index (χ1v) is 6.11. The van der Waals surface area contributed by atoms with Crippen molar-refractivity contribution in [3.63, 3.8) is 0 Å². The highest BCUT2D eigenvalue weighted by Gasteiger charge is 2.32. The van der Waals surface area contributed by atoms with Gasteiger partial charge in [0.05, 0.1) is 0 Å². The molecule has 15 heavy (non-hydrogen) atoms. The number of rotatable bonds is 5. The van der Waals surface area contributed by atoms with Gasteiger partial charge in [-0.05, 0) is 38.6 Å². The van der Waals surface area contributed by atoms with E-state index in [4.69, 9.17) is 10.5 Å². The Hall–Kier alpha value is -0.120. The van der Waals surface area contributed by atoms with Gasteiger partial charge < -0.3 is 15.4 Å². The minimum absolute atomic E-state index is 0.469. The Balaban J connectivity index is 2.51. The summed E-state index contributed by atoms with van der Waals surface area (Å²) in [6.07, 6.45) is 3.65. The van der Waals surface area contributed by atoms with Crippen LogP contribution in [-0.2, 0) is 4.74 Å². The van der Waals surface area contributed by atoms with Crippen molar-refractivity contribution in [2.45, 2.75) is 39.2 Å². The number of nitrogens with two attached hydrogens (primary N) is 1. The van der Waals surface area contributed by atoms with Gasteiger partial charge in [0.2, 0.25) is 0 Å². The molecule has 0 aromatic carbocycles. The van der Waals surface area contributed by atoms with Gasteiger partial charge in [0.1, 0.15) is 0 Å². The Kier molecular flexibility index (Phi) is 5.03. The molecule has 1 fully saturated rings. The smallest absolute Gasteiger partial charge is 0.0471 e. The second-order valence-electron chi connectivity index (χ2n) is 4.97. The standard InChI is InChI=1S/C12H26N2O/c1-4-12(5-7-15-8-6-12)10-14(3)11(2)9-13/h11H,4-10,13H2,1-3H3. The normalized spacial score (nSPS) is 23.0. The van der Waals surface area contributed by atoms with Crippen LogP contribution in [0.2, 0.25) is 0 Å². The van der Waals surface area contributed by atoms with Crippen LogP contribution in [0.25, 0.3) is 0 Å². The highest BCUT2D eigenvalue weighted by atomic mass is 16.5. The molecule has 0 bridgehead atoms. The maximum atomic E-state index is 5.70. The zero-order valence-corrected chi connectivity index (χ0v) is 10.5. The second kappa shape index (κ2) is 5.83. The molecule has 1 atom stereocenters. The van der Waals surface area contributed by atoms with Gasteiger partial charge in [-0.15, -0.1) is 0 Å². The Labute approximate surface area is 94.0 Å². The van der Waals surface area contributed by atoms with Gasteiger partial charge in [0.15, 0.2) is 0 Å². The molecule has 2 N–H and O–H groups in total. The van der Waals surface area contributed by atoms with Crippen LogP contribution >= 0.6 is 0 Å². The largest absolute Gasteiger partial charge is 0.381 e.